The van der Waals surface area contributed by atoms with Crippen molar-refractivity contribution in [3.05, 3.63) is 29.0 Å². The predicted molar refractivity (Wildman–Crippen MR) is 74.6 cm³/mol. The minimum absolute atomic E-state index is 0.0136. The average molecular weight is 322 g/mol. The van der Waals surface area contributed by atoms with Gasteiger partial charge in [0.25, 0.3) is 0 Å². The Kier molecular flexibility index (Phi) is 5.01. The van der Waals surface area contributed by atoms with Crippen molar-refractivity contribution in [1.29, 1.82) is 0 Å². The fourth-order valence-electron chi connectivity index (χ4n) is 2.20. The van der Waals surface area contributed by atoms with Gasteiger partial charge < -0.3 is 5.11 Å². The van der Waals surface area contributed by atoms with Crippen LogP contribution in [0.5, 0.6) is 0 Å². The molecular weight excluding hydrogens is 305 g/mol. The lowest BCUT2D eigenvalue weighted by Gasteiger charge is -2.36. The molecule has 0 aromatic heterocycles. The summed E-state index contributed by atoms with van der Waals surface area (Å²) in [6, 6.07) is 3.24. The standard InChI is InChI=1S/C13H17ClFNO3S/c14-12-6-5-10(15)9-13(12)20(18,19)16(7-2-8-17)11-3-1-4-11/h5-6,9,11,17H,1-4,7-8H2. The summed E-state index contributed by atoms with van der Waals surface area (Å²) in [5, 5.41) is 8.93. The maximum absolute atomic E-state index is 13.3. The van der Waals surface area contributed by atoms with E-state index in [1.54, 1.807) is 0 Å². The molecule has 0 atom stereocenters. The van der Waals surface area contributed by atoms with Gasteiger partial charge in [-0.15, -0.1) is 0 Å². The number of sulfonamides is 1. The molecule has 0 spiro atoms. The van der Waals surface area contributed by atoms with Crippen molar-refractivity contribution in [1.82, 2.24) is 4.31 Å². The summed E-state index contributed by atoms with van der Waals surface area (Å²) < 4.78 is 39.9. The fourth-order valence-corrected chi connectivity index (χ4v) is 4.41. The largest absolute Gasteiger partial charge is 0.396 e. The van der Waals surface area contributed by atoms with E-state index in [0.29, 0.717) is 6.42 Å². The molecule has 1 aromatic carbocycles. The van der Waals surface area contributed by atoms with Crippen molar-refractivity contribution in [2.24, 2.45) is 0 Å². The summed E-state index contributed by atoms with van der Waals surface area (Å²) in [6.45, 7) is 0.131. The monoisotopic (exact) mass is 321 g/mol. The maximum atomic E-state index is 13.3. The molecule has 0 aliphatic heterocycles. The van der Waals surface area contributed by atoms with Gasteiger partial charge in [-0.3, -0.25) is 0 Å². The molecule has 1 aromatic rings. The van der Waals surface area contributed by atoms with Crippen LogP contribution in [0.2, 0.25) is 5.02 Å². The van der Waals surface area contributed by atoms with Gasteiger partial charge in [0, 0.05) is 19.2 Å². The van der Waals surface area contributed by atoms with Crippen LogP contribution in [0, 0.1) is 5.82 Å². The van der Waals surface area contributed by atoms with Gasteiger partial charge >= 0.3 is 0 Å². The Morgan fingerprint density at radius 1 is 1.40 bits per heavy atom. The summed E-state index contributed by atoms with van der Waals surface area (Å²) in [5.74, 6) is -0.635. The van der Waals surface area contributed by atoms with Gasteiger partial charge in [-0.2, -0.15) is 4.31 Å². The lowest BCUT2D eigenvalue weighted by molar-refractivity contribution is 0.198. The van der Waals surface area contributed by atoms with Gasteiger partial charge in [0.05, 0.1) is 5.02 Å². The Morgan fingerprint density at radius 3 is 2.65 bits per heavy atom. The Hall–Kier alpha value is -0.690. The van der Waals surface area contributed by atoms with Crippen LogP contribution in [0.1, 0.15) is 25.7 Å². The van der Waals surface area contributed by atoms with Crippen LogP contribution in [0.15, 0.2) is 23.1 Å². The Balaban J connectivity index is 2.36. The molecule has 0 unspecified atom stereocenters. The fraction of sp³-hybridized carbons (Fsp3) is 0.538. The van der Waals surface area contributed by atoms with Crippen LogP contribution in [0.25, 0.3) is 0 Å². The highest BCUT2D eigenvalue weighted by Crippen LogP contribution is 2.32. The number of benzene rings is 1. The van der Waals surface area contributed by atoms with Crippen LogP contribution in [0.4, 0.5) is 4.39 Å². The van der Waals surface area contributed by atoms with Crippen LogP contribution in [-0.4, -0.2) is 37.0 Å². The first-order valence-electron chi connectivity index (χ1n) is 6.54. The highest BCUT2D eigenvalue weighted by molar-refractivity contribution is 7.89. The second-order valence-corrected chi connectivity index (χ2v) is 7.12. The first kappa shape index (κ1) is 15.7. The minimum Gasteiger partial charge on any atom is -0.396 e. The molecule has 20 heavy (non-hydrogen) atoms. The predicted octanol–water partition coefficient (Wildman–Crippen LogP) is 2.40. The van der Waals surface area contributed by atoms with Gasteiger partial charge in [-0.1, -0.05) is 18.0 Å². The van der Waals surface area contributed by atoms with Crippen molar-refractivity contribution in [2.75, 3.05) is 13.2 Å². The molecule has 1 aliphatic rings. The Labute approximate surface area is 123 Å². The highest BCUT2D eigenvalue weighted by Gasteiger charge is 2.35. The van der Waals surface area contributed by atoms with Crippen molar-refractivity contribution in [2.45, 2.75) is 36.6 Å². The molecule has 1 N–H and O–H groups in total. The molecule has 4 nitrogen and oxygen atoms in total. The van der Waals surface area contributed by atoms with Gasteiger partial charge in [0.2, 0.25) is 10.0 Å². The number of hydrogen-bond acceptors (Lipinski definition) is 3. The first-order chi connectivity index (χ1) is 9.46. The SMILES string of the molecule is O=S(=O)(c1cc(F)ccc1Cl)N(CCCO)C1CCC1. The summed E-state index contributed by atoms with van der Waals surface area (Å²) in [6.07, 6.45) is 2.91. The molecule has 2 rings (SSSR count). The second kappa shape index (κ2) is 6.39. The van der Waals surface area contributed by atoms with E-state index < -0.39 is 15.8 Å². The number of aliphatic hydroxyl groups is 1. The van der Waals surface area contributed by atoms with Crippen molar-refractivity contribution < 1.29 is 17.9 Å². The normalized spacial score (nSPS) is 16.4. The molecule has 0 bridgehead atoms. The van der Waals surface area contributed by atoms with Gasteiger partial charge in [0.15, 0.2) is 0 Å². The zero-order chi connectivity index (χ0) is 14.8. The Bertz CT molecular complexity index is 575. The third-order valence-electron chi connectivity index (χ3n) is 3.50. The van der Waals surface area contributed by atoms with Gasteiger partial charge in [-0.05, 0) is 37.5 Å². The van der Waals surface area contributed by atoms with E-state index in [2.05, 4.69) is 0 Å². The zero-order valence-corrected chi connectivity index (χ0v) is 12.5. The molecule has 1 saturated carbocycles. The van der Waals surface area contributed by atoms with Gasteiger partial charge in [-0.25, -0.2) is 12.8 Å². The summed E-state index contributed by atoms with van der Waals surface area (Å²) in [7, 11) is -3.84. The number of hydrogen-bond donors (Lipinski definition) is 1. The third-order valence-corrected chi connectivity index (χ3v) is 5.93. The summed E-state index contributed by atoms with van der Waals surface area (Å²) >= 11 is 5.90. The molecule has 1 fully saturated rings. The lowest BCUT2D eigenvalue weighted by Crippen LogP contribution is -2.44. The van der Waals surface area contributed by atoms with Crippen LogP contribution >= 0.6 is 11.6 Å². The summed E-state index contributed by atoms with van der Waals surface area (Å²) in [4.78, 5) is -0.205. The first-order valence-corrected chi connectivity index (χ1v) is 8.36. The van der Waals surface area contributed by atoms with Gasteiger partial charge in [0.1, 0.15) is 10.7 Å². The van der Waals surface area contributed by atoms with E-state index in [1.807, 2.05) is 0 Å². The number of nitrogens with zero attached hydrogens (tertiary/aromatic N) is 1. The van der Waals surface area contributed by atoms with E-state index in [9.17, 15) is 12.8 Å². The van der Waals surface area contributed by atoms with E-state index in [-0.39, 0.29) is 29.1 Å². The van der Waals surface area contributed by atoms with Crippen molar-refractivity contribution in [3.8, 4) is 0 Å². The quantitative estimate of drug-likeness (QED) is 0.875. The van der Waals surface area contributed by atoms with Crippen LogP contribution in [-0.2, 0) is 10.0 Å². The highest BCUT2D eigenvalue weighted by atomic mass is 35.5. The topological polar surface area (TPSA) is 57.6 Å². The van der Waals surface area contributed by atoms with E-state index in [4.69, 9.17) is 16.7 Å². The number of aliphatic hydroxyl groups excluding tert-OH is 1. The second-order valence-electron chi connectivity index (χ2n) is 4.85. The summed E-state index contributed by atoms with van der Waals surface area (Å²) in [5.41, 5.74) is 0. The van der Waals surface area contributed by atoms with Crippen LogP contribution < -0.4 is 0 Å². The van der Waals surface area contributed by atoms with E-state index >= 15 is 0 Å². The molecular formula is C13H17ClFNO3S. The van der Waals surface area contributed by atoms with Crippen molar-refractivity contribution in [3.63, 3.8) is 0 Å². The molecule has 0 amide bonds. The molecule has 0 heterocycles. The number of halogens is 2. The average Bonchev–Trinajstić information content (AvgIpc) is 2.34. The Morgan fingerprint density at radius 2 is 2.10 bits per heavy atom. The van der Waals surface area contributed by atoms with E-state index in [0.717, 1.165) is 31.4 Å². The third kappa shape index (κ3) is 3.14. The molecule has 0 saturated heterocycles. The minimum atomic E-state index is -3.84. The van der Waals surface area contributed by atoms with E-state index in [1.165, 1.54) is 10.4 Å². The molecule has 7 heteroatoms. The molecule has 0 radical (unpaired) electrons. The number of rotatable bonds is 6. The molecule has 112 valence electrons. The molecule has 1 aliphatic carbocycles. The lowest BCUT2D eigenvalue weighted by atomic mass is 9.93. The maximum Gasteiger partial charge on any atom is 0.244 e. The van der Waals surface area contributed by atoms with Crippen molar-refractivity contribution >= 4 is 21.6 Å². The smallest absolute Gasteiger partial charge is 0.244 e. The van der Waals surface area contributed by atoms with Crippen LogP contribution in [0.3, 0.4) is 0 Å². The zero-order valence-electron chi connectivity index (χ0n) is 10.9.